The van der Waals surface area contributed by atoms with Crippen molar-refractivity contribution in [3.8, 4) is 0 Å². The highest BCUT2D eigenvalue weighted by molar-refractivity contribution is 6.06. The van der Waals surface area contributed by atoms with Crippen LogP contribution in [0.1, 0.15) is 51.6 Å². The summed E-state index contributed by atoms with van der Waals surface area (Å²) in [5.74, 6) is -0.0457. The SMILES string of the molecule is CC(C)c1ccccc1NC(=O)c1cccc(C(=O)N(C)Cc2ccccc2)c1. The third kappa shape index (κ3) is 5.11. The second kappa shape index (κ2) is 9.20. The fourth-order valence-corrected chi connectivity index (χ4v) is 3.25. The minimum Gasteiger partial charge on any atom is -0.337 e. The summed E-state index contributed by atoms with van der Waals surface area (Å²) in [5, 5.41) is 2.98. The maximum absolute atomic E-state index is 12.8. The molecule has 2 amide bonds. The van der Waals surface area contributed by atoms with E-state index in [1.54, 1.807) is 36.2 Å². The summed E-state index contributed by atoms with van der Waals surface area (Å²) in [6.45, 7) is 4.69. The molecule has 0 aliphatic rings. The van der Waals surface area contributed by atoms with Crippen LogP contribution in [0.4, 0.5) is 5.69 Å². The molecule has 0 saturated carbocycles. The van der Waals surface area contributed by atoms with Crippen LogP contribution < -0.4 is 5.32 Å². The number of carbonyl (C=O) groups excluding carboxylic acids is 2. The number of hydrogen-bond donors (Lipinski definition) is 1. The van der Waals surface area contributed by atoms with Crippen LogP contribution in [0.15, 0.2) is 78.9 Å². The first kappa shape index (κ1) is 20.3. The number of benzene rings is 3. The summed E-state index contributed by atoms with van der Waals surface area (Å²) in [4.78, 5) is 27.3. The Hall–Kier alpha value is -3.40. The monoisotopic (exact) mass is 386 g/mol. The van der Waals surface area contributed by atoms with Crippen molar-refractivity contribution in [3.63, 3.8) is 0 Å². The lowest BCUT2D eigenvalue weighted by atomic mass is 10.0. The molecule has 0 unspecified atom stereocenters. The van der Waals surface area contributed by atoms with E-state index >= 15 is 0 Å². The number of nitrogens with one attached hydrogen (secondary N) is 1. The molecule has 1 N–H and O–H groups in total. The molecular formula is C25H26N2O2. The Morgan fingerprint density at radius 3 is 2.24 bits per heavy atom. The second-order valence-corrected chi connectivity index (χ2v) is 7.42. The normalized spacial score (nSPS) is 10.6. The minimum absolute atomic E-state index is 0.119. The van der Waals surface area contributed by atoms with Crippen molar-refractivity contribution >= 4 is 17.5 Å². The van der Waals surface area contributed by atoms with Gasteiger partial charge in [-0.3, -0.25) is 9.59 Å². The van der Waals surface area contributed by atoms with E-state index in [-0.39, 0.29) is 11.8 Å². The van der Waals surface area contributed by atoms with Crippen LogP contribution in [0, 0.1) is 0 Å². The second-order valence-electron chi connectivity index (χ2n) is 7.42. The van der Waals surface area contributed by atoms with Crippen molar-refractivity contribution < 1.29 is 9.59 Å². The van der Waals surface area contributed by atoms with Crippen molar-refractivity contribution in [2.45, 2.75) is 26.3 Å². The molecule has 3 rings (SSSR count). The molecule has 148 valence electrons. The summed E-state index contributed by atoms with van der Waals surface area (Å²) in [6.07, 6.45) is 0. The van der Waals surface area contributed by atoms with Crippen LogP contribution in [0.5, 0.6) is 0 Å². The molecule has 0 radical (unpaired) electrons. The van der Waals surface area contributed by atoms with Crippen LogP contribution >= 0.6 is 0 Å². The number of carbonyl (C=O) groups is 2. The number of para-hydroxylation sites is 1. The molecule has 29 heavy (non-hydrogen) atoms. The number of amides is 2. The van der Waals surface area contributed by atoms with Gasteiger partial charge in [0, 0.05) is 30.4 Å². The summed E-state index contributed by atoms with van der Waals surface area (Å²) in [5.41, 5.74) is 3.89. The lowest BCUT2D eigenvalue weighted by Crippen LogP contribution is -2.26. The number of nitrogens with zero attached hydrogens (tertiary/aromatic N) is 1. The summed E-state index contributed by atoms with van der Waals surface area (Å²) < 4.78 is 0. The van der Waals surface area contributed by atoms with E-state index in [1.807, 2.05) is 54.6 Å². The molecule has 0 heterocycles. The van der Waals surface area contributed by atoms with Gasteiger partial charge in [-0.05, 0) is 41.3 Å². The van der Waals surface area contributed by atoms with Crippen LogP contribution in [-0.2, 0) is 6.54 Å². The molecule has 0 aromatic heterocycles. The Kier molecular flexibility index (Phi) is 6.45. The van der Waals surface area contributed by atoms with E-state index in [1.165, 1.54) is 0 Å². The molecule has 3 aromatic carbocycles. The number of rotatable bonds is 6. The molecule has 3 aromatic rings. The quantitative estimate of drug-likeness (QED) is 0.622. The molecule has 0 saturated heterocycles. The van der Waals surface area contributed by atoms with E-state index in [0.717, 1.165) is 16.8 Å². The fourth-order valence-electron chi connectivity index (χ4n) is 3.25. The third-order valence-corrected chi connectivity index (χ3v) is 4.81. The smallest absolute Gasteiger partial charge is 0.255 e. The lowest BCUT2D eigenvalue weighted by Gasteiger charge is -2.18. The first-order valence-electron chi connectivity index (χ1n) is 9.75. The van der Waals surface area contributed by atoms with Gasteiger partial charge in [-0.1, -0.05) is 68.4 Å². The first-order valence-corrected chi connectivity index (χ1v) is 9.75. The molecular weight excluding hydrogens is 360 g/mol. The number of hydrogen-bond acceptors (Lipinski definition) is 2. The Bertz CT molecular complexity index is 996. The van der Waals surface area contributed by atoms with Gasteiger partial charge in [0.1, 0.15) is 0 Å². The highest BCUT2D eigenvalue weighted by Gasteiger charge is 2.16. The van der Waals surface area contributed by atoms with Crippen molar-refractivity contribution in [3.05, 3.63) is 101 Å². The topological polar surface area (TPSA) is 49.4 Å². The van der Waals surface area contributed by atoms with Gasteiger partial charge >= 0.3 is 0 Å². The van der Waals surface area contributed by atoms with Crippen LogP contribution in [0.25, 0.3) is 0 Å². The van der Waals surface area contributed by atoms with Gasteiger partial charge in [-0.25, -0.2) is 0 Å². The molecule has 0 atom stereocenters. The molecule has 0 bridgehead atoms. The van der Waals surface area contributed by atoms with Crippen molar-refractivity contribution in [1.82, 2.24) is 4.90 Å². The third-order valence-electron chi connectivity index (χ3n) is 4.81. The van der Waals surface area contributed by atoms with E-state index in [9.17, 15) is 9.59 Å². The zero-order valence-corrected chi connectivity index (χ0v) is 17.1. The van der Waals surface area contributed by atoms with Crippen molar-refractivity contribution in [1.29, 1.82) is 0 Å². The van der Waals surface area contributed by atoms with Gasteiger partial charge in [0.15, 0.2) is 0 Å². The average Bonchev–Trinajstić information content (AvgIpc) is 2.74. The minimum atomic E-state index is -0.224. The van der Waals surface area contributed by atoms with Gasteiger partial charge < -0.3 is 10.2 Å². The summed E-state index contributed by atoms with van der Waals surface area (Å²) in [6, 6.07) is 24.5. The largest absolute Gasteiger partial charge is 0.337 e. The van der Waals surface area contributed by atoms with Gasteiger partial charge in [0.2, 0.25) is 0 Å². The Morgan fingerprint density at radius 1 is 0.862 bits per heavy atom. The predicted molar refractivity (Wildman–Crippen MR) is 117 cm³/mol. The zero-order valence-electron chi connectivity index (χ0n) is 17.1. The summed E-state index contributed by atoms with van der Waals surface area (Å²) in [7, 11) is 1.76. The maximum Gasteiger partial charge on any atom is 0.255 e. The molecule has 0 spiro atoms. The van der Waals surface area contributed by atoms with Crippen molar-refractivity contribution in [2.24, 2.45) is 0 Å². The van der Waals surface area contributed by atoms with E-state index in [2.05, 4.69) is 19.2 Å². The Balaban J connectivity index is 1.75. The maximum atomic E-state index is 12.8. The van der Waals surface area contributed by atoms with Gasteiger partial charge in [-0.2, -0.15) is 0 Å². The summed E-state index contributed by atoms with van der Waals surface area (Å²) >= 11 is 0. The Morgan fingerprint density at radius 2 is 1.52 bits per heavy atom. The predicted octanol–water partition coefficient (Wildman–Crippen LogP) is 5.33. The average molecular weight is 386 g/mol. The standard InChI is InChI=1S/C25H26N2O2/c1-18(2)22-14-7-8-15-23(22)26-24(28)20-12-9-13-21(16-20)25(29)27(3)17-19-10-5-4-6-11-19/h4-16,18H,17H2,1-3H3,(H,26,28). The van der Waals surface area contributed by atoms with Crippen molar-refractivity contribution in [2.75, 3.05) is 12.4 Å². The first-order chi connectivity index (χ1) is 14.0. The van der Waals surface area contributed by atoms with Crippen LogP contribution in [-0.4, -0.2) is 23.8 Å². The highest BCUT2D eigenvalue weighted by Crippen LogP contribution is 2.24. The van der Waals surface area contributed by atoms with E-state index < -0.39 is 0 Å². The van der Waals surface area contributed by atoms with E-state index in [4.69, 9.17) is 0 Å². The molecule has 0 aliphatic carbocycles. The lowest BCUT2D eigenvalue weighted by molar-refractivity contribution is 0.0785. The van der Waals surface area contributed by atoms with Crippen LogP contribution in [0.3, 0.4) is 0 Å². The molecule has 4 nitrogen and oxygen atoms in total. The van der Waals surface area contributed by atoms with Crippen LogP contribution in [0.2, 0.25) is 0 Å². The van der Waals surface area contributed by atoms with E-state index in [0.29, 0.717) is 23.6 Å². The van der Waals surface area contributed by atoms with Gasteiger partial charge in [0.25, 0.3) is 11.8 Å². The number of anilines is 1. The Labute approximate surface area is 172 Å². The molecule has 0 fully saturated rings. The van der Waals surface area contributed by atoms with Gasteiger partial charge in [-0.15, -0.1) is 0 Å². The molecule has 4 heteroatoms. The highest BCUT2D eigenvalue weighted by atomic mass is 16.2. The van der Waals surface area contributed by atoms with Gasteiger partial charge in [0.05, 0.1) is 0 Å². The fraction of sp³-hybridized carbons (Fsp3) is 0.200. The zero-order chi connectivity index (χ0) is 20.8. The molecule has 0 aliphatic heterocycles.